The van der Waals surface area contributed by atoms with Crippen LogP contribution in [0.5, 0.6) is 0 Å². The van der Waals surface area contributed by atoms with E-state index in [1.807, 2.05) is 0 Å². The third-order valence-electron chi connectivity index (χ3n) is 3.88. The molecule has 0 aliphatic heterocycles. The first-order chi connectivity index (χ1) is 11.7. The highest BCUT2D eigenvalue weighted by atomic mass is 19.1. The molecule has 0 unspecified atom stereocenters. The van der Waals surface area contributed by atoms with Crippen molar-refractivity contribution in [3.63, 3.8) is 0 Å². The van der Waals surface area contributed by atoms with Crippen LogP contribution < -0.4 is 5.32 Å². The standard InChI is InChI=1S/C17H12FN5O/c18-13-8-10(3-4-11(13)9-19)16-15(17(24)21-12-5-6-12)22-14-2-1-7-20-23(14)16/h1-4,7-8,12H,5-6H2,(H,21,24). The second-order valence-corrected chi connectivity index (χ2v) is 5.66. The van der Waals surface area contributed by atoms with Gasteiger partial charge in [0.05, 0.1) is 5.56 Å². The number of carbonyl (C=O) groups excluding carboxylic acids is 1. The Kier molecular flexibility index (Phi) is 3.24. The van der Waals surface area contributed by atoms with Crippen LogP contribution in [0.2, 0.25) is 0 Å². The van der Waals surface area contributed by atoms with Crippen LogP contribution >= 0.6 is 0 Å². The van der Waals surface area contributed by atoms with E-state index in [-0.39, 0.29) is 23.2 Å². The van der Waals surface area contributed by atoms with Crippen LogP contribution in [0.15, 0.2) is 36.5 Å². The zero-order valence-electron chi connectivity index (χ0n) is 12.5. The molecule has 1 aliphatic rings. The van der Waals surface area contributed by atoms with Crippen LogP contribution in [-0.2, 0) is 0 Å². The maximum Gasteiger partial charge on any atom is 0.272 e. The Balaban J connectivity index is 1.90. The van der Waals surface area contributed by atoms with Crippen molar-refractivity contribution in [2.75, 3.05) is 0 Å². The predicted molar refractivity (Wildman–Crippen MR) is 83.6 cm³/mol. The van der Waals surface area contributed by atoms with Crippen LogP contribution in [-0.4, -0.2) is 26.5 Å². The first-order valence-electron chi connectivity index (χ1n) is 7.52. The number of nitrogens with one attached hydrogen (secondary N) is 1. The van der Waals surface area contributed by atoms with Crippen molar-refractivity contribution in [3.8, 4) is 17.3 Å². The summed E-state index contributed by atoms with van der Waals surface area (Å²) in [5.74, 6) is -0.947. The van der Waals surface area contributed by atoms with Gasteiger partial charge in [-0.05, 0) is 37.1 Å². The molecule has 0 bridgehead atoms. The van der Waals surface area contributed by atoms with Crippen molar-refractivity contribution in [1.82, 2.24) is 19.9 Å². The van der Waals surface area contributed by atoms with Crippen molar-refractivity contribution in [2.24, 2.45) is 0 Å². The Bertz CT molecular complexity index is 1000. The molecule has 3 aromatic rings. The fourth-order valence-electron chi connectivity index (χ4n) is 2.54. The number of nitriles is 1. The fourth-order valence-corrected chi connectivity index (χ4v) is 2.54. The van der Waals surface area contributed by atoms with Gasteiger partial charge in [-0.25, -0.2) is 13.9 Å². The number of carbonyl (C=O) groups is 1. The SMILES string of the molecule is N#Cc1ccc(-c2c(C(=O)NC3CC3)nc3cccnn23)cc1F. The first-order valence-corrected chi connectivity index (χ1v) is 7.52. The second-order valence-electron chi connectivity index (χ2n) is 5.66. The van der Waals surface area contributed by atoms with E-state index in [0.29, 0.717) is 16.9 Å². The molecule has 1 amide bonds. The summed E-state index contributed by atoms with van der Waals surface area (Å²) in [6, 6.07) is 9.61. The highest BCUT2D eigenvalue weighted by Gasteiger charge is 2.28. The molecule has 1 N–H and O–H groups in total. The average molecular weight is 321 g/mol. The molecule has 7 heteroatoms. The van der Waals surface area contributed by atoms with Crippen molar-refractivity contribution in [2.45, 2.75) is 18.9 Å². The third-order valence-corrected chi connectivity index (χ3v) is 3.88. The number of fused-ring (bicyclic) bond motifs is 1. The van der Waals surface area contributed by atoms with Crippen molar-refractivity contribution in [1.29, 1.82) is 5.26 Å². The lowest BCUT2D eigenvalue weighted by molar-refractivity contribution is 0.0947. The predicted octanol–water partition coefficient (Wildman–Crippen LogP) is 2.30. The number of aromatic nitrogens is 3. The summed E-state index contributed by atoms with van der Waals surface area (Å²) in [5.41, 5.74) is 1.50. The van der Waals surface area contributed by atoms with Gasteiger partial charge in [0.1, 0.15) is 17.6 Å². The molecule has 1 aliphatic carbocycles. The number of nitrogens with zero attached hydrogens (tertiary/aromatic N) is 4. The van der Waals surface area contributed by atoms with Crippen molar-refractivity contribution in [3.05, 3.63) is 53.6 Å². The fraction of sp³-hybridized carbons (Fsp3) is 0.176. The average Bonchev–Trinajstić information content (AvgIpc) is 3.31. The van der Waals surface area contributed by atoms with Gasteiger partial charge in [-0.3, -0.25) is 4.79 Å². The van der Waals surface area contributed by atoms with Gasteiger partial charge < -0.3 is 5.32 Å². The lowest BCUT2D eigenvalue weighted by Gasteiger charge is -2.06. The summed E-state index contributed by atoms with van der Waals surface area (Å²) in [5, 5.41) is 16.0. The lowest BCUT2D eigenvalue weighted by atomic mass is 10.1. The molecule has 1 saturated carbocycles. The summed E-state index contributed by atoms with van der Waals surface area (Å²) < 4.78 is 15.5. The third kappa shape index (κ3) is 2.38. The van der Waals surface area contributed by atoms with Gasteiger partial charge in [-0.1, -0.05) is 6.07 Å². The Labute approximate surface area is 136 Å². The normalized spacial score (nSPS) is 13.7. The number of imidazole rings is 1. The molecule has 0 radical (unpaired) electrons. The molecule has 2 heterocycles. The van der Waals surface area contributed by atoms with Gasteiger partial charge in [-0.15, -0.1) is 0 Å². The largest absolute Gasteiger partial charge is 0.348 e. The summed E-state index contributed by atoms with van der Waals surface area (Å²) in [6.45, 7) is 0. The van der Waals surface area contributed by atoms with E-state index in [4.69, 9.17) is 5.26 Å². The van der Waals surface area contributed by atoms with Crippen molar-refractivity contribution < 1.29 is 9.18 Å². The van der Waals surface area contributed by atoms with Crippen LogP contribution in [0.25, 0.3) is 16.9 Å². The van der Waals surface area contributed by atoms with Crippen LogP contribution in [0.3, 0.4) is 0 Å². The number of hydrogen-bond donors (Lipinski definition) is 1. The minimum atomic E-state index is -0.644. The highest BCUT2D eigenvalue weighted by Crippen LogP contribution is 2.27. The van der Waals surface area contributed by atoms with E-state index in [0.717, 1.165) is 12.8 Å². The Morgan fingerprint density at radius 2 is 2.21 bits per heavy atom. The van der Waals surface area contributed by atoms with E-state index in [1.54, 1.807) is 30.5 Å². The zero-order chi connectivity index (χ0) is 16.7. The van der Waals surface area contributed by atoms with E-state index in [1.165, 1.54) is 16.6 Å². The molecule has 118 valence electrons. The van der Waals surface area contributed by atoms with Gasteiger partial charge in [-0.2, -0.15) is 10.4 Å². The quantitative estimate of drug-likeness (QED) is 0.802. The summed E-state index contributed by atoms with van der Waals surface area (Å²) in [4.78, 5) is 16.8. The molecule has 1 aromatic carbocycles. The lowest BCUT2D eigenvalue weighted by Crippen LogP contribution is -2.26. The molecule has 2 aromatic heterocycles. The number of benzene rings is 1. The molecule has 1 fully saturated rings. The van der Waals surface area contributed by atoms with Crippen molar-refractivity contribution >= 4 is 11.6 Å². The van der Waals surface area contributed by atoms with E-state index in [2.05, 4.69) is 15.4 Å². The molecular formula is C17H12FN5O. The molecule has 24 heavy (non-hydrogen) atoms. The monoisotopic (exact) mass is 321 g/mol. The zero-order valence-corrected chi connectivity index (χ0v) is 12.5. The first kappa shape index (κ1) is 14.3. The second kappa shape index (κ2) is 5.42. The van der Waals surface area contributed by atoms with Gasteiger partial charge >= 0.3 is 0 Å². The highest BCUT2D eigenvalue weighted by molar-refractivity contribution is 5.99. The Morgan fingerprint density at radius 1 is 1.38 bits per heavy atom. The molecule has 0 saturated heterocycles. The molecule has 0 atom stereocenters. The minimum absolute atomic E-state index is 0.0514. The number of halogens is 1. The van der Waals surface area contributed by atoms with E-state index >= 15 is 0 Å². The van der Waals surface area contributed by atoms with Gasteiger partial charge in [0.2, 0.25) is 0 Å². The topological polar surface area (TPSA) is 83.1 Å². The maximum absolute atomic E-state index is 14.0. The van der Waals surface area contributed by atoms with Gasteiger partial charge in [0.15, 0.2) is 11.3 Å². The van der Waals surface area contributed by atoms with Gasteiger partial charge in [0.25, 0.3) is 5.91 Å². The number of amides is 1. The van der Waals surface area contributed by atoms with Gasteiger partial charge in [0, 0.05) is 17.8 Å². The van der Waals surface area contributed by atoms with E-state index in [9.17, 15) is 9.18 Å². The summed E-state index contributed by atoms with van der Waals surface area (Å²) >= 11 is 0. The minimum Gasteiger partial charge on any atom is -0.348 e. The maximum atomic E-state index is 14.0. The van der Waals surface area contributed by atoms with Crippen LogP contribution in [0.4, 0.5) is 4.39 Å². The van der Waals surface area contributed by atoms with Crippen LogP contribution in [0.1, 0.15) is 28.9 Å². The van der Waals surface area contributed by atoms with E-state index < -0.39 is 5.82 Å². The Hall–Kier alpha value is -3.27. The summed E-state index contributed by atoms with van der Waals surface area (Å²) in [6.07, 6.45) is 3.48. The summed E-state index contributed by atoms with van der Waals surface area (Å²) in [7, 11) is 0. The Morgan fingerprint density at radius 3 is 2.92 bits per heavy atom. The number of hydrogen-bond acceptors (Lipinski definition) is 4. The number of rotatable bonds is 3. The molecular weight excluding hydrogens is 309 g/mol. The molecule has 0 spiro atoms. The molecule has 6 nitrogen and oxygen atoms in total. The van der Waals surface area contributed by atoms with Crippen LogP contribution in [0, 0.1) is 17.1 Å². The molecule has 4 rings (SSSR count). The smallest absolute Gasteiger partial charge is 0.272 e.